The summed E-state index contributed by atoms with van der Waals surface area (Å²) in [6.07, 6.45) is 2.49. The molecule has 0 unspecified atom stereocenters. The lowest BCUT2D eigenvalue weighted by molar-refractivity contribution is -0.385. The molecular formula is C11H12BrNO3. The Hall–Kier alpha value is -1.20. The van der Waals surface area contributed by atoms with E-state index in [1.165, 1.54) is 6.07 Å². The second-order valence-corrected chi connectivity index (χ2v) is 4.14. The van der Waals surface area contributed by atoms with Gasteiger partial charge in [0.2, 0.25) is 0 Å². The Morgan fingerprint density at radius 1 is 1.62 bits per heavy atom. The summed E-state index contributed by atoms with van der Waals surface area (Å²) >= 11 is 3.12. The summed E-state index contributed by atoms with van der Waals surface area (Å²) < 4.78 is 0.455. The zero-order valence-electron chi connectivity index (χ0n) is 8.81. The fraction of sp³-hybridized carbons (Fsp3) is 0.273. The molecule has 0 saturated heterocycles. The van der Waals surface area contributed by atoms with E-state index in [2.05, 4.69) is 15.9 Å². The first-order chi connectivity index (χ1) is 7.58. The summed E-state index contributed by atoms with van der Waals surface area (Å²) in [5.41, 5.74) is 1.60. The van der Waals surface area contributed by atoms with Gasteiger partial charge in [-0.15, -0.1) is 0 Å². The largest absolute Gasteiger partial charge is 0.392 e. The number of benzene rings is 1. The number of nitrogens with zero attached hydrogens (tertiary/aromatic N) is 1. The molecule has 0 aromatic heterocycles. The normalized spacial score (nSPS) is 11.6. The van der Waals surface area contributed by atoms with Crippen LogP contribution in [0.15, 0.2) is 28.2 Å². The van der Waals surface area contributed by atoms with E-state index in [0.29, 0.717) is 4.47 Å². The lowest BCUT2D eigenvalue weighted by atomic mass is 10.1. The van der Waals surface area contributed by atoms with Crippen LogP contribution in [0.2, 0.25) is 0 Å². The number of aliphatic hydroxyl groups is 1. The quantitative estimate of drug-likeness (QED) is 0.683. The van der Waals surface area contributed by atoms with Gasteiger partial charge in [-0.2, -0.15) is 0 Å². The van der Waals surface area contributed by atoms with E-state index >= 15 is 0 Å². The van der Waals surface area contributed by atoms with Gasteiger partial charge in [0.1, 0.15) is 0 Å². The summed E-state index contributed by atoms with van der Waals surface area (Å²) in [6.45, 7) is 1.90. The third-order valence-corrected chi connectivity index (χ3v) is 2.87. The van der Waals surface area contributed by atoms with Gasteiger partial charge in [0.15, 0.2) is 0 Å². The molecule has 0 aliphatic heterocycles. The molecule has 0 heterocycles. The number of hydrogen-bond acceptors (Lipinski definition) is 3. The van der Waals surface area contributed by atoms with Crippen LogP contribution in [0.1, 0.15) is 18.9 Å². The van der Waals surface area contributed by atoms with Crippen molar-refractivity contribution in [3.8, 4) is 0 Å². The molecule has 4 nitrogen and oxygen atoms in total. The molecule has 86 valence electrons. The Bertz CT molecular complexity index is 423. The van der Waals surface area contributed by atoms with Crippen LogP contribution in [0.3, 0.4) is 0 Å². The second kappa shape index (κ2) is 5.77. The summed E-state index contributed by atoms with van der Waals surface area (Å²) in [5, 5.41) is 19.7. The third-order valence-electron chi connectivity index (χ3n) is 2.19. The molecule has 5 heteroatoms. The maximum absolute atomic E-state index is 10.7. The van der Waals surface area contributed by atoms with Crippen molar-refractivity contribution in [3.63, 3.8) is 0 Å². The molecule has 0 aliphatic carbocycles. The smallest absolute Gasteiger partial charge is 0.284 e. The first-order valence-electron chi connectivity index (χ1n) is 4.82. The molecule has 0 fully saturated rings. The number of nitro groups is 1. The molecule has 0 aliphatic rings. The molecular weight excluding hydrogens is 274 g/mol. The number of aliphatic hydroxyl groups excluding tert-OH is 1. The van der Waals surface area contributed by atoms with Crippen molar-refractivity contribution in [2.75, 3.05) is 6.61 Å². The Morgan fingerprint density at radius 3 is 2.81 bits per heavy atom. The highest BCUT2D eigenvalue weighted by Gasteiger charge is 2.11. The Labute approximate surface area is 102 Å². The zero-order chi connectivity index (χ0) is 12.1. The first-order valence-corrected chi connectivity index (χ1v) is 5.62. The van der Waals surface area contributed by atoms with E-state index in [1.807, 2.05) is 6.92 Å². The lowest BCUT2D eigenvalue weighted by Gasteiger charge is -2.01. The molecule has 0 radical (unpaired) electrons. The van der Waals surface area contributed by atoms with Crippen LogP contribution in [0, 0.1) is 10.1 Å². The molecule has 1 N–H and O–H groups in total. The van der Waals surface area contributed by atoms with Crippen molar-refractivity contribution in [3.05, 3.63) is 43.9 Å². The van der Waals surface area contributed by atoms with E-state index < -0.39 is 4.92 Å². The van der Waals surface area contributed by atoms with Crippen molar-refractivity contribution < 1.29 is 10.0 Å². The molecule has 1 aromatic rings. The first kappa shape index (κ1) is 12.9. The van der Waals surface area contributed by atoms with Crippen LogP contribution in [0.25, 0.3) is 6.08 Å². The fourth-order valence-corrected chi connectivity index (χ4v) is 1.65. The van der Waals surface area contributed by atoms with Crippen LogP contribution in [-0.2, 0) is 0 Å². The molecule has 0 bridgehead atoms. The highest BCUT2D eigenvalue weighted by atomic mass is 79.9. The predicted octanol–water partition coefficient (Wildman–Crippen LogP) is 3.14. The van der Waals surface area contributed by atoms with Crippen molar-refractivity contribution >= 4 is 27.7 Å². The SMILES string of the molecule is CCC(=Cc1ccc(Br)c([N+](=O)[O-])c1)CO. The summed E-state index contributed by atoms with van der Waals surface area (Å²) in [5.74, 6) is 0. The van der Waals surface area contributed by atoms with Crippen LogP contribution in [0.5, 0.6) is 0 Å². The Morgan fingerprint density at radius 2 is 2.31 bits per heavy atom. The minimum absolute atomic E-state index is 0.0274. The number of halogens is 1. The highest BCUT2D eigenvalue weighted by molar-refractivity contribution is 9.10. The number of rotatable bonds is 4. The van der Waals surface area contributed by atoms with Crippen molar-refractivity contribution in [2.45, 2.75) is 13.3 Å². The molecule has 0 saturated carbocycles. The van der Waals surface area contributed by atoms with Gasteiger partial charge in [-0.25, -0.2) is 0 Å². The van der Waals surface area contributed by atoms with Crippen molar-refractivity contribution in [1.82, 2.24) is 0 Å². The maximum atomic E-state index is 10.7. The van der Waals surface area contributed by atoms with E-state index in [9.17, 15) is 10.1 Å². The van der Waals surface area contributed by atoms with E-state index in [4.69, 9.17) is 5.11 Å². The lowest BCUT2D eigenvalue weighted by Crippen LogP contribution is -1.91. The minimum Gasteiger partial charge on any atom is -0.392 e. The molecule has 1 aromatic carbocycles. The maximum Gasteiger partial charge on any atom is 0.284 e. The molecule has 1 rings (SSSR count). The summed E-state index contributed by atoms with van der Waals surface area (Å²) in [4.78, 5) is 10.3. The van der Waals surface area contributed by atoms with Gasteiger partial charge >= 0.3 is 0 Å². The van der Waals surface area contributed by atoms with Crippen molar-refractivity contribution in [1.29, 1.82) is 0 Å². The standard InChI is InChI=1S/C11H12BrNO3/c1-2-8(7-14)5-9-3-4-10(12)11(6-9)13(15)16/h3-6,14H,2,7H2,1H3. The summed E-state index contributed by atoms with van der Waals surface area (Å²) in [7, 11) is 0. The topological polar surface area (TPSA) is 63.4 Å². The van der Waals surface area contributed by atoms with Crippen LogP contribution in [-0.4, -0.2) is 16.6 Å². The second-order valence-electron chi connectivity index (χ2n) is 3.28. The average molecular weight is 286 g/mol. The number of hydrogen-bond donors (Lipinski definition) is 1. The molecule has 0 amide bonds. The van der Waals surface area contributed by atoms with E-state index in [0.717, 1.165) is 17.6 Å². The van der Waals surface area contributed by atoms with E-state index in [-0.39, 0.29) is 12.3 Å². The van der Waals surface area contributed by atoms with Crippen LogP contribution < -0.4 is 0 Å². The predicted molar refractivity (Wildman–Crippen MR) is 66.2 cm³/mol. The average Bonchev–Trinajstić information content (AvgIpc) is 2.27. The van der Waals surface area contributed by atoms with Gasteiger partial charge in [-0.05, 0) is 39.6 Å². The van der Waals surface area contributed by atoms with Gasteiger partial charge in [0.25, 0.3) is 5.69 Å². The minimum atomic E-state index is -0.439. The summed E-state index contributed by atoms with van der Waals surface area (Å²) in [6, 6.07) is 4.88. The van der Waals surface area contributed by atoms with Gasteiger partial charge in [-0.1, -0.05) is 19.1 Å². The van der Waals surface area contributed by atoms with Crippen LogP contribution >= 0.6 is 15.9 Å². The van der Waals surface area contributed by atoms with Gasteiger partial charge < -0.3 is 5.11 Å². The van der Waals surface area contributed by atoms with Gasteiger partial charge in [0.05, 0.1) is 16.0 Å². The van der Waals surface area contributed by atoms with Gasteiger partial charge in [0, 0.05) is 6.07 Å². The highest BCUT2D eigenvalue weighted by Crippen LogP contribution is 2.26. The third kappa shape index (κ3) is 3.15. The molecule has 16 heavy (non-hydrogen) atoms. The van der Waals surface area contributed by atoms with Gasteiger partial charge in [-0.3, -0.25) is 10.1 Å². The van der Waals surface area contributed by atoms with Crippen molar-refractivity contribution in [2.24, 2.45) is 0 Å². The fourth-order valence-electron chi connectivity index (χ4n) is 1.25. The zero-order valence-corrected chi connectivity index (χ0v) is 10.4. The Kier molecular flexibility index (Phi) is 4.64. The van der Waals surface area contributed by atoms with Crippen LogP contribution in [0.4, 0.5) is 5.69 Å². The Balaban J connectivity index is 3.12. The monoisotopic (exact) mass is 285 g/mol. The van der Waals surface area contributed by atoms with E-state index in [1.54, 1.807) is 18.2 Å². The molecule has 0 spiro atoms. The molecule has 0 atom stereocenters. The number of nitro benzene ring substituents is 1.